The molecule has 0 fully saturated rings. The molecule has 1 atom stereocenters. The number of benzene rings is 2. The molecule has 0 spiro atoms. The molecule has 0 unspecified atom stereocenters. The number of rotatable bonds is 3. The lowest BCUT2D eigenvalue weighted by molar-refractivity contribution is 0.199. The van der Waals surface area contributed by atoms with Crippen molar-refractivity contribution in [1.82, 2.24) is 9.78 Å². The van der Waals surface area contributed by atoms with Crippen LogP contribution in [0.2, 0.25) is 0 Å². The second-order valence-corrected chi connectivity index (χ2v) is 4.81. The smallest absolute Gasteiger partial charge is 0.0761 e. The summed E-state index contributed by atoms with van der Waals surface area (Å²) in [6, 6.07) is 17.9. The molecular weight excluding hydrogens is 248 g/mol. The maximum absolute atomic E-state index is 9.52. The van der Waals surface area contributed by atoms with Crippen molar-refractivity contribution in [2.24, 2.45) is 0 Å². The van der Waals surface area contributed by atoms with Crippen LogP contribution in [-0.2, 0) is 0 Å². The molecule has 3 aromatic rings. The summed E-state index contributed by atoms with van der Waals surface area (Å²) < 4.78 is 1.84. The molecule has 1 aromatic heterocycles. The maximum Gasteiger partial charge on any atom is 0.0761 e. The third kappa shape index (κ3) is 2.49. The second-order valence-electron chi connectivity index (χ2n) is 4.81. The average molecular weight is 264 g/mol. The van der Waals surface area contributed by atoms with Gasteiger partial charge in [-0.15, -0.1) is 0 Å². The summed E-state index contributed by atoms with van der Waals surface area (Å²) in [6.45, 7) is 1.76. The van der Waals surface area contributed by atoms with Crippen LogP contribution in [0.25, 0.3) is 16.8 Å². The zero-order valence-electron chi connectivity index (χ0n) is 11.3. The summed E-state index contributed by atoms with van der Waals surface area (Å²) in [6.07, 6.45) is 3.42. The van der Waals surface area contributed by atoms with Crippen LogP contribution in [0.5, 0.6) is 0 Å². The van der Waals surface area contributed by atoms with Crippen LogP contribution in [-0.4, -0.2) is 14.9 Å². The zero-order chi connectivity index (χ0) is 13.9. The third-order valence-corrected chi connectivity index (χ3v) is 3.33. The molecule has 0 saturated carbocycles. The maximum atomic E-state index is 9.52. The lowest BCUT2D eigenvalue weighted by Crippen LogP contribution is -1.96. The van der Waals surface area contributed by atoms with Crippen molar-refractivity contribution >= 4 is 0 Å². The van der Waals surface area contributed by atoms with Crippen molar-refractivity contribution in [3.63, 3.8) is 0 Å². The van der Waals surface area contributed by atoms with Gasteiger partial charge < -0.3 is 5.11 Å². The molecule has 100 valence electrons. The van der Waals surface area contributed by atoms with Gasteiger partial charge in [-0.1, -0.05) is 42.5 Å². The first-order valence-corrected chi connectivity index (χ1v) is 6.62. The third-order valence-electron chi connectivity index (χ3n) is 3.33. The molecular formula is C17H16N2O. The topological polar surface area (TPSA) is 38.0 Å². The molecule has 0 aliphatic carbocycles. The minimum Gasteiger partial charge on any atom is -0.389 e. The van der Waals surface area contributed by atoms with Crippen molar-refractivity contribution < 1.29 is 5.11 Å². The van der Waals surface area contributed by atoms with Crippen molar-refractivity contribution in [2.45, 2.75) is 13.0 Å². The summed E-state index contributed by atoms with van der Waals surface area (Å²) >= 11 is 0. The Morgan fingerprint density at radius 2 is 1.65 bits per heavy atom. The predicted octanol–water partition coefficient (Wildman–Crippen LogP) is 3.59. The number of hydrogen-bond acceptors (Lipinski definition) is 2. The van der Waals surface area contributed by atoms with Gasteiger partial charge in [0.1, 0.15) is 0 Å². The van der Waals surface area contributed by atoms with Crippen molar-refractivity contribution in [3.05, 3.63) is 72.6 Å². The van der Waals surface area contributed by atoms with Gasteiger partial charge >= 0.3 is 0 Å². The van der Waals surface area contributed by atoms with E-state index in [9.17, 15) is 5.11 Å². The van der Waals surface area contributed by atoms with Crippen LogP contribution in [0.1, 0.15) is 18.6 Å². The van der Waals surface area contributed by atoms with Crippen LogP contribution in [0.15, 0.2) is 67.0 Å². The molecule has 3 rings (SSSR count). The standard InChI is InChI=1S/C17H16N2O/c1-13(20)14-7-9-17(10-8-14)19-12-16(11-18-19)15-5-3-2-4-6-15/h2-13,20H,1H3/t13-/m1/s1. The predicted molar refractivity (Wildman–Crippen MR) is 79.6 cm³/mol. The summed E-state index contributed by atoms with van der Waals surface area (Å²) in [4.78, 5) is 0. The van der Waals surface area contributed by atoms with Gasteiger partial charge in [0.15, 0.2) is 0 Å². The average Bonchev–Trinajstić information content (AvgIpc) is 2.98. The minimum absolute atomic E-state index is 0.443. The van der Waals surface area contributed by atoms with Crippen molar-refractivity contribution in [2.75, 3.05) is 0 Å². The molecule has 0 aliphatic rings. The molecule has 0 aliphatic heterocycles. The van der Waals surface area contributed by atoms with Gasteiger partial charge in [0, 0.05) is 11.8 Å². The lowest BCUT2D eigenvalue weighted by atomic mass is 10.1. The van der Waals surface area contributed by atoms with E-state index >= 15 is 0 Å². The van der Waals surface area contributed by atoms with Gasteiger partial charge in [0.2, 0.25) is 0 Å². The molecule has 1 heterocycles. The Morgan fingerprint density at radius 3 is 2.30 bits per heavy atom. The van der Waals surface area contributed by atoms with Crippen molar-refractivity contribution in [3.8, 4) is 16.8 Å². The molecule has 0 amide bonds. The normalized spacial score (nSPS) is 12.3. The highest BCUT2D eigenvalue weighted by Crippen LogP contribution is 2.20. The van der Waals surface area contributed by atoms with Gasteiger partial charge in [-0.25, -0.2) is 4.68 Å². The molecule has 1 N–H and O–H groups in total. The Labute approximate surface area is 118 Å². The quantitative estimate of drug-likeness (QED) is 0.785. The molecule has 3 nitrogen and oxygen atoms in total. The van der Waals surface area contributed by atoms with Crippen LogP contribution < -0.4 is 0 Å². The molecule has 0 radical (unpaired) electrons. The van der Waals surface area contributed by atoms with E-state index in [2.05, 4.69) is 17.2 Å². The van der Waals surface area contributed by atoms with E-state index in [0.717, 1.165) is 22.4 Å². The minimum atomic E-state index is -0.443. The molecule has 2 aromatic carbocycles. The number of aliphatic hydroxyl groups is 1. The number of aliphatic hydroxyl groups excluding tert-OH is 1. The Morgan fingerprint density at radius 1 is 0.950 bits per heavy atom. The molecule has 0 saturated heterocycles. The van der Waals surface area contributed by atoms with Gasteiger partial charge in [0.05, 0.1) is 18.0 Å². The number of aromatic nitrogens is 2. The van der Waals surface area contributed by atoms with Gasteiger partial charge in [-0.3, -0.25) is 0 Å². The first kappa shape index (κ1) is 12.6. The Hall–Kier alpha value is -2.39. The fourth-order valence-electron chi connectivity index (χ4n) is 2.15. The number of hydrogen-bond donors (Lipinski definition) is 1. The van der Waals surface area contributed by atoms with Crippen LogP contribution in [0, 0.1) is 0 Å². The van der Waals surface area contributed by atoms with E-state index < -0.39 is 6.10 Å². The van der Waals surface area contributed by atoms with Gasteiger partial charge in [0.25, 0.3) is 0 Å². The van der Waals surface area contributed by atoms with E-state index in [-0.39, 0.29) is 0 Å². The van der Waals surface area contributed by atoms with E-state index in [4.69, 9.17) is 0 Å². The zero-order valence-corrected chi connectivity index (χ0v) is 11.3. The first-order chi connectivity index (χ1) is 9.74. The Bertz CT molecular complexity index is 685. The number of nitrogens with zero attached hydrogens (tertiary/aromatic N) is 2. The molecule has 0 bridgehead atoms. The second kappa shape index (κ2) is 5.31. The van der Waals surface area contributed by atoms with Crippen LogP contribution in [0.3, 0.4) is 0 Å². The molecule has 20 heavy (non-hydrogen) atoms. The summed E-state index contributed by atoms with van der Waals surface area (Å²) in [5.74, 6) is 0. The fraction of sp³-hybridized carbons (Fsp3) is 0.118. The highest BCUT2D eigenvalue weighted by molar-refractivity contribution is 5.62. The fourth-order valence-corrected chi connectivity index (χ4v) is 2.15. The van der Waals surface area contributed by atoms with E-state index in [1.807, 2.05) is 59.5 Å². The van der Waals surface area contributed by atoms with E-state index in [0.29, 0.717) is 0 Å². The highest BCUT2D eigenvalue weighted by atomic mass is 16.3. The van der Waals surface area contributed by atoms with E-state index in [1.165, 1.54) is 0 Å². The monoisotopic (exact) mass is 264 g/mol. The van der Waals surface area contributed by atoms with E-state index in [1.54, 1.807) is 6.92 Å². The van der Waals surface area contributed by atoms with Gasteiger partial charge in [-0.2, -0.15) is 5.10 Å². The summed E-state index contributed by atoms with van der Waals surface area (Å²) in [5.41, 5.74) is 4.13. The Balaban J connectivity index is 1.90. The molecule has 3 heteroatoms. The van der Waals surface area contributed by atoms with Crippen LogP contribution in [0.4, 0.5) is 0 Å². The SMILES string of the molecule is C[C@@H](O)c1ccc(-n2cc(-c3ccccc3)cn2)cc1. The first-order valence-electron chi connectivity index (χ1n) is 6.62. The lowest BCUT2D eigenvalue weighted by Gasteiger charge is -2.06. The van der Waals surface area contributed by atoms with Crippen molar-refractivity contribution in [1.29, 1.82) is 0 Å². The largest absolute Gasteiger partial charge is 0.389 e. The summed E-state index contributed by atoms with van der Waals surface area (Å²) in [5, 5.41) is 13.9. The van der Waals surface area contributed by atoms with Crippen LogP contribution >= 0.6 is 0 Å². The Kier molecular flexibility index (Phi) is 3.35. The summed E-state index contributed by atoms with van der Waals surface area (Å²) in [7, 11) is 0. The highest BCUT2D eigenvalue weighted by Gasteiger charge is 2.04. The van der Waals surface area contributed by atoms with Gasteiger partial charge in [-0.05, 0) is 30.2 Å².